The normalized spacial score (nSPS) is 10.1. The molecule has 0 aliphatic carbocycles. The SMILES string of the molecule is CCN(CC)c1snc(N)c1C(N)=O. The molecule has 0 atom stereocenters. The molecule has 5 nitrogen and oxygen atoms in total. The van der Waals surface area contributed by atoms with Crippen LogP contribution in [0.4, 0.5) is 10.8 Å². The predicted molar refractivity (Wildman–Crippen MR) is 58.6 cm³/mol. The van der Waals surface area contributed by atoms with Crippen LogP contribution >= 0.6 is 11.5 Å². The van der Waals surface area contributed by atoms with Crippen molar-refractivity contribution in [3.63, 3.8) is 0 Å². The third kappa shape index (κ3) is 1.79. The van der Waals surface area contributed by atoms with E-state index in [1.165, 1.54) is 11.5 Å². The number of amides is 1. The van der Waals surface area contributed by atoms with E-state index in [4.69, 9.17) is 11.5 Å². The highest BCUT2D eigenvalue weighted by Crippen LogP contribution is 2.29. The van der Waals surface area contributed by atoms with Crippen LogP contribution in [0.5, 0.6) is 0 Å². The quantitative estimate of drug-likeness (QED) is 0.771. The lowest BCUT2D eigenvalue weighted by Crippen LogP contribution is -2.24. The largest absolute Gasteiger partial charge is 0.382 e. The molecule has 0 unspecified atom stereocenters. The van der Waals surface area contributed by atoms with Crippen molar-refractivity contribution in [2.24, 2.45) is 5.73 Å². The van der Waals surface area contributed by atoms with Crippen molar-refractivity contribution < 1.29 is 4.79 Å². The fourth-order valence-corrected chi connectivity index (χ4v) is 2.20. The molecule has 4 N–H and O–H groups in total. The molecule has 14 heavy (non-hydrogen) atoms. The van der Waals surface area contributed by atoms with Crippen molar-refractivity contribution in [1.82, 2.24) is 4.37 Å². The highest BCUT2D eigenvalue weighted by atomic mass is 32.1. The number of anilines is 2. The summed E-state index contributed by atoms with van der Waals surface area (Å²) in [6, 6.07) is 0. The van der Waals surface area contributed by atoms with Gasteiger partial charge in [-0.1, -0.05) is 0 Å². The summed E-state index contributed by atoms with van der Waals surface area (Å²) in [6.07, 6.45) is 0. The zero-order valence-electron chi connectivity index (χ0n) is 8.28. The molecule has 0 fully saturated rings. The van der Waals surface area contributed by atoms with Crippen molar-refractivity contribution in [2.45, 2.75) is 13.8 Å². The van der Waals surface area contributed by atoms with Crippen LogP contribution in [0.15, 0.2) is 0 Å². The minimum atomic E-state index is -0.516. The minimum absolute atomic E-state index is 0.226. The second-order valence-corrected chi connectivity index (χ2v) is 3.54. The number of aromatic nitrogens is 1. The molecular weight excluding hydrogens is 200 g/mol. The van der Waals surface area contributed by atoms with E-state index in [0.29, 0.717) is 5.56 Å². The first-order valence-corrected chi connectivity index (χ1v) is 5.19. The van der Waals surface area contributed by atoms with Gasteiger partial charge in [-0.15, -0.1) is 0 Å². The number of primary amides is 1. The lowest BCUT2D eigenvalue weighted by molar-refractivity contribution is 0.100. The van der Waals surface area contributed by atoms with Gasteiger partial charge < -0.3 is 16.4 Å². The lowest BCUT2D eigenvalue weighted by Gasteiger charge is -2.18. The maximum absolute atomic E-state index is 11.1. The van der Waals surface area contributed by atoms with E-state index in [0.717, 1.165) is 18.1 Å². The van der Waals surface area contributed by atoms with Gasteiger partial charge in [0.1, 0.15) is 10.6 Å². The average Bonchev–Trinajstić information content (AvgIpc) is 2.50. The standard InChI is InChI=1S/C8H14N4OS/c1-3-12(4-2)8-5(7(10)13)6(9)11-14-8/h3-4H2,1-2H3,(H2,9,11)(H2,10,13). The van der Waals surface area contributed by atoms with E-state index in [1.807, 2.05) is 18.7 Å². The van der Waals surface area contributed by atoms with Crippen molar-refractivity contribution in [1.29, 1.82) is 0 Å². The molecule has 0 bridgehead atoms. The van der Waals surface area contributed by atoms with Crippen molar-refractivity contribution in [3.05, 3.63) is 5.56 Å². The van der Waals surface area contributed by atoms with Crippen LogP contribution in [0.2, 0.25) is 0 Å². The molecule has 0 aliphatic rings. The molecule has 78 valence electrons. The fourth-order valence-electron chi connectivity index (χ4n) is 1.25. The molecule has 6 heteroatoms. The van der Waals surface area contributed by atoms with E-state index in [-0.39, 0.29) is 5.82 Å². The van der Waals surface area contributed by atoms with Gasteiger partial charge in [-0.05, 0) is 25.4 Å². The van der Waals surface area contributed by atoms with Crippen LogP contribution in [-0.2, 0) is 0 Å². The second-order valence-electron chi connectivity index (χ2n) is 2.78. The molecule has 0 spiro atoms. The Bertz CT molecular complexity index is 332. The maximum atomic E-state index is 11.1. The first kappa shape index (κ1) is 10.8. The van der Waals surface area contributed by atoms with Gasteiger partial charge in [-0.2, -0.15) is 4.37 Å². The van der Waals surface area contributed by atoms with Gasteiger partial charge in [0, 0.05) is 13.1 Å². The Labute approximate surface area is 86.9 Å². The summed E-state index contributed by atoms with van der Waals surface area (Å²) in [7, 11) is 0. The summed E-state index contributed by atoms with van der Waals surface area (Å²) < 4.78 is 3.93. The van der Waals surface area contributed by atoms with Gasteiger partial charge in [-0.25, -0.2) is 0 Å². The van der Waals surface area contributed by atoms with Crippen LogP contribution in [0.1, 0.15) is 24.2 Å². The van der Waals surface area contributed by atoms with Crippen LogP contribution in [0, 0.1) is 0 Å². The topological polar surface area (TPSA) is 85.2 Å². The Morgan fingerprint density at radius 2 is 2.07 bits per heavy atom. The molecule has 0 aromatic carbocycles. The van der Waals surface area contributed by atoms with E-state index in [2.05, 4.69) is 4.37 Å². The number of rotatable bonds is 4. The smallest absolute Gasteiger partial charge is 0.255 e. The van der Waals surface area contributed by atoms with E-state index >= 15 is 0 Å². The van der Waals surface area contributed by atoms with Gasteiger partial charge in [0.15, 0.2) is 5.82 Å². The highest BCUT2D eigenvalue weighted by molar-refractivity contribution is 7.11. The first-order valence-electron chi connectivity index (χ1n) is 4.41. The molecule has 1 aromatic heterocycles. The third-order valence-corrected chi connectivity index (χ3v) is 2.92. The average molecular weight is 214 g/mol. The van der Waals surface area contributed by atoms with E-state index < -0.39 is 5.91 Å². The van der Waals surface area contributed by atoms with Crippen LogP contribution < -0.4 is 16.4 Å². The number of carbonyl (C=O) groups is 1. The van der Waals surface area contributed by atoms with Gasteiger partial charge in [-0.3, -0.25) is 4.79 Å². The number of carbonyl (C=O) groups excluding carboxylic acids is 1. The number of hydrogen-bond donors (Lipinski definition) is 2. The third-order valence-electron chi connectivity index (χ3n) is 2.00. The number of nitrogens with two attached hydrogens (primary N) is 2. The summed E-state index contributed by atoms with van der Waals surface area (Å²) >= 11 is 1.21. The Balaban J connectivity index is 3.13. The van der Waals surface area contributed by atoms with Gasteiger partial charge in [0.25, 0.3) is 5.91 Å². The lowest BCUT2D eigenvalue weighted by atomic mass is 10.3. The summed E-state index contributed by atoms with van der Waals surface area (Å²) in [5.74, 6) is -0.289. The number of nitrogen functional groups attached to an aromatic ring is 1. The van der Waals surface area contributed by atoms with E-state index in [1.54, 1.807) is 0 Å². The molecule has 0 aliphatic heterocycles. The van der Waals surface area contributed by atoms with Crippen molar-refractivity contribution in [2.75, 3.05) is 23.7 Å². The Hall–Kier alpha value is -1.30. The summed E-state index contributed by atoms with van der Waals surface area (Å²) in [5.41, 5.74) is 11.1. The highest BCUT2D eigenvalue weighted by Gasteiger charge is 2.19. The summed E-state index contributed by atoms with van der Waals surface area (Å²) in [6.45, 7) is 5.62. The molecule has 1 amide bonds. The Kier molecular flexibility index (Phi) is 3.29. The van der Waals surface area contributed by atoms with Crippen molar-refractivity contribution in [3.8, 4) is 0 Å². The van der Waals surface area contributed by atoms with Crippen LogP contribution in [0.3, 0.4) is 0 Å². The zero-order chi connectivity index (χ0) is 10.7. The fraction of sp³-hybridized carbons (Fsp3) is 0.500. The second kappa shape index (κ2) is 4.28. The van der Waals surface area contributed by atoms with Gasteiger partial charge in [0.2, 0.25) is 0 Å². The number of nitrogens with zero attached hydrogens (tertiary/aromatic N) is 2. The molecule has 0 saturated carbocycles. The maximum Gasteiger partial charge on any atom is 0.255 e. The minimum Gasteiger partial charge on any atom is -0.382 e. The Morgan fingerprint density at radius 1 is 1.50 bits per heavy atom. The molecule has 1 aromatic rings. The van der Waals surface area contributed by atoms with Gasteiger partial charge >= 0.3 is 0 Å². The Morgan fingerprint density at radius 3 is 2.50 bits per heavy atom. The van der Waals surface area contributed by atoms with Gasteiger partial charge in [0.05, 0.1) is 0 Å². The molecule has 0 radical (unpaired) electrons. The van der Waals surface area contributed by atoms with Crippen LogP contribution in [0.25, 0.3) is 0 Å². The summed E-state index contributed by atoms with van der Waals surface area (Å²) in [4.78, 5) is 13.1. The molecule has 1 heterocycles. The predicted octanol–water partition coefficient (Wildman–Crippen LogP) is 0.670. The monoisotopic (exact) mass is 214 g/mol. The molecule has 1 rings (SSSR count). The molecular formula is C8H14N4OS. The zero-order valence-corrected chi connectivity index (χ0v) is 9.10. The first-order chi connectivity index (χ1) is 6.61. The number of hydrogen-bond acceptors (Lipinski definition) is 5. The molecule has 0 saturated heterocycles. The van der Waals surface area contributed by atoms with Crippen LogP contribution in [-0.4, -0.2) is 23.4 Å². The summed E-state index contributed by atoms with van der Waals surface area (Å²) in [5, 5.41) is 0.764. The van der Waals surface area contributed by atoms with Crippen molar-refractivity contribution >= 4 is 28.3 Å². The van der Waals surface area contributed by atoms with E-state index in [9.17, 15) is 4.79 Å².